The SMILES string of the molecule is CCOc1ccccc1OCC(=O)Nc1ccc2oc(=O)[nH]c2c1. The van der Waals surface area contributed by atoms with Crippen molar-refractivity contribution in [2.24, 2.45) is 0 Å². The van der Waals surface area contributed by atoms with Crippen molar-refractivity contribution in [2.75, 3.05) is 18.5 Å². The molecule has 2 aromatic carbocycles. The van der Waals surface area contributed by atoms with E-state index in [0.29, 0.717) is 34.9 Å². The molecule has 0 unspecified atom stereocenters. The van der Waals surface area contributed by atoms with Gasteiger partial charge in [-0.05, 0) is 37.3 Å². The number of para-hydroxylation sites is 2. The lowest BCUT2D eigenvalue weighted by molar-refractivity contribution is -0.118. The summed E-state index contributed by atoms with van der Waals surface area (Å²) >= 11 is 0. The maximum Gasteiger partial charge on any atom is 0.417 e. The summed E-state index contributed by atoms with van der Waals surface area (Å²) < 4.78 is 15.8. The molecule has 0 spiro atoms. The van der Waals surface area contributed by atoms with Crippen molar-refractivity contribution in [2.45, 2.75) is 6.92 Å². The van der Waals surface area contributed by atoms with E-state index in [4.69, 9.17) is 13.9 Å². The minimum atomic E-state index is -0.538. The van der Waals surface area contributed by atoms with Crippen molar-refractivity contribution in [1.29, 1.82) is 0 Å². The van der Waals surface area contributed by atoms with E-state index in [9.17, 15) is 9.59 Å². The third-order valence-electron chi connectivity index (χ3n) is 3.21. The maximum atomic E-state index is 12.0. The van der Waals surface area contributed by atoms with E-state index in [1.807, 2.05) is 13.0 Å². The van der Waals surface area contributed by atoms with Crippen molar-refractivity contribution in [3.05, 3.63) is 53.0 Å². The van der Waals surface area contributed by atoms with Crippen molar-refractivity contribution in [3.63, 3.8) is 0 Å². The zero-order chi connectivity index (χ0) is 16.9. The van der Waals surface area contributed by atoms with Gasteiger partial charge < -0.3 is 19.2 Å². The molecule has 7 nitrogen and oxygen atoms in total. The summed E-state index contributed by atoms with van der Waals surface area (Å²) in [5.41, 5.74) is 1.48. The van der Waals surface area contributed by atoms with Crippen molar-refractivity contribution in [1.82, 2.24) is 4.98 Å². The quantitative estimate of drug-likeness (QED) is 0.725. The molecule has 1 aromatic heterocycles. The van der Waals surface area contributed by atoms with Gasteiger partial charge >= 0.3 is 5.76 Å². The fourth-order valence-corrected chi connectivity index (χ4v) is 2.21. The van der Waals surface area contributed by atoms with Gasteiger partial charge in [-0.25, -0.2) is 4.79 Å². The summed E-state index contributed by atoms with van der Waals surface area (Å²) in [6.07, 6.45) is 0. The third kappa shape index (κ3) is 3.57. The number of aromatic nitrogens is 1. The molecule has 0 atom stereocenters. The Morgan fingerprint density at radius 2 is 1.92 bits per heavy atom. The van der Waals surface area contributed by atoms with Crippen molar-refractivity contribution < 1.29 is 18.7 Å². The molecule has 0 bridgehead atoms. The van der Waals surface area contributed by atoms with Crippen LogP contribution in [-0.2, 0) is 4.79 Å². The highest BCUT2D eigenvalue weighted by molar-refractivity contribution is 5.93. The van der Waals surface area contributed by atoms with E-state index in [1.165, 1.54) is 0 Å². The number of ether oxygens (including phenoxy) is 2. The van der Waals surface area contributed by atoms with E-state index >= 15 is 0 Å². The molecule has 124 valence electrons. The normalized spacial score (nSPS) is 10.5. The number of carbonyl (C=O) groups excluding carboxylic acids is 1. The Labute approximate surface area is 137 Å². The first-order chi connectivity index (χ1) is 11.7. The van der Waals surface area contributed by atoms with Crippen LogP contribution in [-0.4, -0.2) is 24.1 Å². The van der Waals surface area contributed by atoms with Crippen LogP contribution in [0.15, 0.2) is 51.7 Å². The van der Waals surface area contributed by atoms with Crippen LogP contribution in [0.3, 0.4) is 0 Å². The second-order valence-corrected chi connectivity index (χ2v) is 4.94. The average Bonchev–Trinajstić information content (AvgIpc) is 2.93. The van der Waals surface area contributed by atoms with Gasteiger partial charge in [0.25, 0.3) is 5.91 Å². The van der Waals surface area contributed by atoms with Crippen LogP contribution in [0.1, 0.15) is 6.92 Å². The molecule has 0 saturated heterocycles. The number of carbonyl (C=O) groups is 1. The molecule has 0 aliphatic heterocycles. The fourth-order valence-electron chi connectivity index (χ4n) is 2.21. The zero-order valence-electron chi connectivity index (χ0n) is 13.0. The summed E-state index contributed by atoms with van der Waals surface area (Å²) in [6.45, 7) is 2.22. The first kappa shape index (κ1) is 15.7. The van der Waals surface area contributed by atoms with Gasteiger partial charge in [0.05, 0.1) is 12.1 Å². The second-order valence-electron chi connectivity index (χ2n) is 4.94. The molecular weight excluding hydrogens is 312 g/mol. The third-order valence-corrected chi connectivity index (χ3v) is 3.21. The lowest BCUT2D eigenvalue weighted by Gasteiger charge is -2.11. The standard InChI is InChI=1S/C17H16N2O5/c1-2-22-14-5-3-4-6-15(14)23-10-16(20)18-11-7-8-13-12(9-11)19-17(21)24-13/h3-9H,2,10H2,1H3,(H,18,20)(H,19,21). The van der Waals surface area contributed by atoms with Gasteiger partial charge in [0.1, 0.15) is 0 Å². The number of H-pyrrole nitrogens is 1. The first-order valence-electron chi connectivity index (χ1n) is 7.43. The molecule has 0 aliphatic rings. The number of aromatic amines is 1. The minimum Gasteiger partial charge on any atom is -0.490 e. The highest BCUT2D eigenvalue weighted by atomic mass is 16.5. The van der Waals surface area contributed by atoms with E-state index in [2.05, 4.69) is 10.3 Å². The summed E-state index contributed by atoms with van der Waals surface area (Å²) in [5.74, 6) is 0.227. The number of hydrogen-bond acceptors (Lipinski definition) is 5. The highest BCUT2D eigenvalue weighted by Crippen LogP contribution is 2.26. The molecule has 2 N–H and O–H groups in total. The summed E-state index contributed by atoms with van der Waals surface area (Å²) in [7, 11) is 0. The molecule has 1 heterocycles. The molecule has 0 aliphatic carbocycles. The van der Waals surface area contributed by atoms with E-state index in [1.54, 1.807) is 36.4 Å². The molecule has 3 aromatic rings. The predicted molar refractivity (Wildman–Crippen MR) is 88.6 cm³/mol. The van der Waals surface area contributed by atoms with Gasteiger partial charge in [0.2, 0.25) is 0 Å². The topological polar surface area (TPSA) is 93.6 Å². The monoisotopic (exact) mass is 328 g/mol. The highest BCUT2D eigenvalue weighted by Gasteiger charge is 2.09. The number of benzene rings is 2. The Bertz CT molecular complexity index is 912. The Kier molecular flexibility index (Phi) is 4.51. The lowest BCUT2D eigenvalue weighted by atomic mass is 10.3. The molecule has 0 fully saturated rings. The van der Waals surface area contributed by atoms with Crippen LogP contribution < -0.4 is 20.5 Å². The maximum absolute atomic E-state index is 12.0. The second kappa shape index (κ2) is 6.91. The van der Waals surface area contributed by atoms with Crippen LogP contribution in [0, 0.1) is 0 Å². The minimum absolute atomic E-state index is 0.163. The zero-order valence-corrected chi connectivity index (χ0v) is 13.0. The summed E-state index contributed by atoms with van der Waals surface area (Å²) in [4.78, 5) is 25.7. The van der Waals surface area contributed by atoms with Gasteiger partial charge in [-0.1, -0.05) is 12.1 Å². The van der Waals surface area contributed by atoms with Gasteiger partial charge in [0.15, 0.2) is 23.7 Å². The number of oxazole rings is 1. The molecule has 1 amide bonds. The van der Waals surface area contributed by atoms with E-state index in [0.717, 1.165) is 0 Å². The van der Waals surface area contributed by atoms with Crippen molar-refractivity contribution in [3.8, 4) is 11.5 Å². The average molecular weight is 328 g/mol. The van der Waals surface area contributed by atoms with Crippen LogP contribution >= 0.6 is 0 Å². The van der Waals surface area contributed by atoms with Gasteiger partial charge in [-0.15, -0.1) is 0 Å². The smallest absolute Gasteiger partial charge is 0.417 e. The van der Waals surface area contributed by atoms with Crippen LogP contribution in [0.25, 0.3) is 11.1 Å². The molecule has 3 rings (SSSR count). The Balaban J connectivity index is 1.63. The molecule has 7 heteroatoms. The number of amides is 1. The molecule has 0 radical (unpaired) electrons. The summed E-state index contributed by atoms with van der Waals surface area (Å²) in [5, 5.41) is 2.70. The van der Waals surface area contributed by atoms with Gasteiger partial charge in [0, 0.05) is 5.69 Å². The number of anilines is 1. The fraction of sp³-hybridized carbons (Fsp3) is 0.176. The van der Waals surface area contributed by atoms with Crippen LogP contribution in [0.5, 0.6) is 11.5 Å². The Morgan fingerprint density at radius 1 is 1.17 bits per heavy atom. The number of rotatable bonds is 6. The molecular formula is C17H16N2O5. The van der Waals surface area contributed by atoms with Gasteiger partial charge in [-0.3, -0.25) is 9.78 Å². The van der Waals surface area contributed by atoms with E-state index in [-0.39, 0.29) is 12.5 Å². The largest absolute Gasteiger partial charge is 0.490 e. The van der Waals surface area contributed by atoms with Gasteiger partial charge in [-0.2, -0.15) is 0 Å². The number of fused-ring (bicyclic) bond motifs is 1. The molecule has 24 heavy (non-hydrogen) atoms. The first-order valence-corrected chi connectivity index (χ1v) is 7.43. The summed E-state index contributed by atoms with van der Waals surface area (Å²) in [6, 6.07) is 12.0. The lowest BCUT2D eigenvalue weighted by Crippen LogP contribution is -2.20. The number of hydrogen-bond donors (Lipinski definition) is 2. The van der Waals surface area contributed by atoms with Crippen LogP contribution in [0.4, 0.5) is 5.69 Å². The Morgan fingerprint density at radius 3 is 2.67 bits per heavy atom. The Hall–Kier alpha value is -3.22. The molecule has 0 saturated carbocycles. The van der Waals surface area contributed by atoms with E-state index < -0.39 is 5.76 Å². The van der Waals surface area contributed by atoms with Crippen LogP contribution in [0.2, 0.25) is 0 Å². The predicted octanol–water partition coefficient (Wildman–Crippen LogP) is 2.54. The number of nitrogens with one attached hydrogen (secondary N) is 2. The van der Waals surface area contributed by atoms with Crippen molar-refractivity contribution >= 4 is 22.7 Å².